The molecule has 0 amide bonds. The molecule has 0 aliphatic carbocycles. The van der Waals surface area contributed by atoms with Crippen LogP contribution in [0.15, 0.2) is 34.1 Å². The fourth-order valence-corrected chi connectivity index (χ4v) is 12.3. The van der Waals surface area contributed by atoms with E-state index < -0.39 is 5.97 Å². The minimum atomic E-state index is -0.583. The molecule has 0 radical (unpaired) electrons. The highest BCUT2D eigenvalue weighted by molar-refractivity contribution is 7.81. The summed E-state index contributed by atoms with van der Waals surface area (Å²) in [5, 5.41) is 12.0. The number of thiol groups is 2. The molecule has 3 unspecified atom stereocenters. The Morgan fingerprint density at radius 2 is 0.700 bits per heavy atom. The maximum atomic E-state index is 11.1. The normalized spacial score (nSPS) is 12.7. The smallest absolute Gasteiger partial charge is 0.306 e. The molecule has 0 spiro atoms. The lowest BCUT2D eigenvalue weighted by atomic mass is 9.94. The van der Waals surface area contributed by atoms with Crippen LogP contribution in [0.5, 0.6) is 0 Å². The number of carboxylic acid groups (broad SMARTS) is 1. The summed E-state index contributed by atoms with van der Waals surface area (Å²) in [6.07, 6.45) is 46.6. The van der Waals surface area contributed by atoms with Crippen molar-refractivity contribution >= 4 is 85.7 Å². The van der Waals surface area contributed by atoms with E-state index in [1.807, 2.05) is 34.8 Å². The molecule has 4 rings (SSSR count). The third-order valence-corrected chi connectivity index (χ3v) is 17.4. The van der Waals surface area contributed by atoms with E-state index >= 15 is 0 Å². The van der Waals surface area contributed by atoms with Gasteiger partial charge in [0.15, 0.2) is 0 Å². The molecule has 2 aromatic carbocycles. The summed E-state index contributed by atoms with van der Waals surface area (Å²) in [5.41, 5.74) is 11.8. The molecule has 4 aromatic rings. The van der Waals surface area contributed by atoms with Crippen LogP contribution in [0.3, 0.4) is 0 Å². The number of unbranched alkanes of at least 4 members (excludes halogenated alkanes) is 24. The number of carbonyl (C=O) groups is 1. The van der Waals surface area contributed by atoms with Crippen molar-refractivity contribution in [1.29, 1.82) is 0 Å². The predicted molar refractivity (Wildman–Crippen MR) is 316 cm³/mol. The van der Waals surface area contributed by atoms with Crippen LogP contribution in [0, 0.1) is 5.92 Å². The molecular weight excluding hydrogens is 937 g/mol. The van der Waals surface area contributed by atoms with Crippen LogP contribution in [0.25, 0.3) is 20.4 Å². The van der Waals surface area contributed by atoms with Crippen LogP contribution in [-0.4, -0.2) is 21.0 Å². The number of benzene rings is 2. The Kier molecular flexibility index (Phi) is 38.3. The molecule has 0 aliphatic heterocycles. The highest BCUT2D eigenvalue weighted by atomic mass is 32.1. The van der Waals surface area contributed by atoms with E-state index in [9.17, 15) is 9.90 Å². The minimum absolute atomic E-state index is 0.0898. The molecular formula is C60H106N4O2S4+2. The van der Waals surface area contributed by atoms with Crippen LogP contribution < -0.4 is 11.5 Å². The molecule has 400 valence electrons. The van der Waals surface area contributed by atoms with Crippen LogP contribution in [0.1, 0.15) is 295 Å². The number of nitrogens with zero attached hydrogens (tertiary/aromatic N) is 2. The van der Waals surface area contributed by atoms with Gasteiger partial charge in [-0.2, -0.15) is 0 Å². The van der Waals surface area contributed by atoms with E-state index in [1.54, 1.807) is 0 Å². The maximum absolute atomic E-state index is 11.1. The van der Waals surface area contributed by atoms with Crippen molar-refractivity contribution in [3.63, 3.8) is 0 Å². The molecule has 0 fully saturated rings. The molecule has 2 heterocycles. The molecule has 10 heteroatoms. The van der Waals surface area contributed by atoms with Gasteiger partial charge in [-0.15, -0.1) is 47.9 Å². The largest absolute Gasteiger partial charge is 0.481 e. The first-order chi connectivity index (χ1) is 34.0. The van der Waals surface area contributed by atoms with E-state index in [1.165, 1.54) is 236 Å². The molecule has 3 atom stereocenters. The Balaban J connectivity index is 0.000000489. The summed E-state index contributed by atoms with van der Waals surface area (Å²) in [5.74, 6) is 0.599. The number of hydrogen-bond acceptors (Lipinski definition) is 7. The van der Waals surface area contributed by atoms with Gasteiger partial charge in [-0.05, 0) is 50.7 Å². The first-order valence-corrected chi connectivity index (χ1v) is 31.7. The van der Waals surface area contributed by atoms with Gasteiger partial charge in [0.05, 0.1) is 46.2 Å². The number of aliphatic carboxylic acids is 1. The zero-order valence-electron chi connectivity index (χ0n) is 45.9. The Bertz CT molecular complexity index is 1710. The van der Waals surface area contributed by atoms with Gasteiger partial charge in [-0.1, -0.05) is 234 Å². The lowest BCUT2D eigenvalue weighted by Crippen LogP contribution is -2.43. The van der Waals surface area contributed by atoms with E-state index in [2.05, 4.69) is 90.4 Å². The van der Waals surface area contributed by atoms with E-state index in [4.69, 9.17) is 9.97 Å². The molecule has 70 heavy (non-hydrogen) atoms. The van der Waals surface area contributed by atoms with Crippen LogP contribution in [0.4, 0.5) is 11.4 Å². The Morgan fingerprint density at radius 3 is 0.986 bits per heavy atom. The number of quaternary nitrogens is 2. The van der Waals surface area contributed by atoms with Gasteiger partial charge in [0.1, 0.15) is 11.4 Å². The van der Waals surface area contributed by atoms with Crippen LogP contribution >= 0.6 is 47.9 Å². The quantitative estimate of drug-likeness (QED) is 0.0226. The summed E-state index contributed by atoms with van der Waals surface area (Å²) >= 11 is 12.3. The van der Waals surface area contributed by atoms with Gasteiger partial charge < -0.3 is 16.6 Å². The summed E-state index contributed by atoms with van der Waals surface area (Å²) < 4.78 is 2.71. The zero-order chi connectivity index (χ0) is 51.2. The van der Waals surface area contributed by atoms with Crippen LogP contribution in [-0.2, 0) is 4.79 Å². The predicted octanol–water partition coefficient (Wildman–Crippen LogP) is 19.9. The van der Waals surface area contributed by atoms with E-state index in [0.717, 1.165) is 46.8 Å². The third kappa shape index (κ3) is 28.1. The number of fused-ring (bicyclic) bond motifs is 2. The number of hydrogen-bond donors (Lipinski definition) is 5. The molecule has 0 bridgehead atoms. The van der Waals surface area contributed by atoms with Gasteiger partial charge in [0.2, 0.25) is 0 Å². The number of carboxylic acids is 1. The lowest BCUT2D eigenvalue weighted by molar-refractivity contribution is -0.266. The van der Waals surface area contributed by atoms with Crippen molar-refractivity contribution in [3.8, 4) is 0 Å². The summed E-state index contributed by atoms with van der Waals surface area (Å²) in [4.78, 5) is 23.5. The molecule has 0 saturated heterocycles. The number of thiazole rings is 2. The fourth-order valence-electron chi connectivity index (χ4n) is 9.54. The van der Waals surface area contributed by atoms with Crippen molar-refractivity contribution in [1.82, 2.24) is 9.97 Å². The van der Waals surface area contributed by atoms with E-state index in [-0.39, 0.29) is 5.92 Å². The van der Waals surface area contributed by atoms with Crippen molar-refractivity contribution in [3.05, 3.63) is 34.3 Å². The van der Waals surface area contributed by atoms with E-state index in [0.29, 0.717) is 11.8 Å². The number of aromatic nitrogens is 2. The second-order valence-corrected chi connectivity index (χ2v) is 23.7. The monoisotopic (exact) mass is 1040 g/mol. The lowest BCUT2D eigenvalue weighted by Gasteiger charge is -2.14. The first-order valence-electron chi connectivity index (χ1n) is 29.2. The van der Waals surface area contributed by atoms with Gasteiger partial charge in [-0.3, -0.25) is 4.79 Å². The first kappa shape index (κ1) is 64.4. The Hall–Kier alpha value is -1.69. The molecule has 6 nitrogen and oxygen atoms in total. The molecule has 0 saturated carbocycles. The van der Waals surface area contributed by atoms with Gasteiger partial charge >= 0.3 is 5.97 Å². The van der Waals surface area contributed by atoms with Crippen molar-refractivity contribution in [2.75, 3.05) is 0 Å². The van der Waals surface area contributed by atoms with Crippen molar-refractivity contribution < 1.29 is 21.4 Å². The molecule has 0 aliphatic rings. The van der Waals surface area contributed by atoms with Crippen molar-refractivity contribution in [2.24, 2.45) is 5.92 Å². The highest BCUT2D eigenvalue weighted by Gasteiger charge is 2.21. The fraction of sp³-hybridized carbons (Fsp3) is 0.750. The second kappa shape index (κ2) is 41.6. The SMILES string of the molecule is CCCCCCCCC(CCCCCC)C(=O)O.CCCCCCCCC(CCCCCC)c1nc2cc3sc(C(CCCCCC)CCCCCCCC)nc3cc2s1.[NH3+]c1cc(S)c([NH3+])cc1S. The summed E-state index contributed by atoms with van der Waals surface area (Å²) in [7, 11) is 0. The molecule has 2 aromatic heterocycles. The second-order valence-electron chi connectivity index (χ2n) is 20.6. The number of rotatable bonds is 39. The van der Waals surface area contributed by atoms with Gasteiger partial charge in [0.25, 0.3) is 0 Å². The summed E-state index contributed by atoms with van der Waals surface area (Å²) in [6, 6.07) is 8.47. The zero-order valence-corrected chi connectivity index (χ0v) is 49.3. The third-order valence-electron chi connectivity index (χ3n) is 14.2. The maximum Gasteiger partial charge on any atom is 0.306 e. The Morgan fingerprint density at radius 1 is 0.443 bits per heavy atom. The van der Waals surface area contributed by atoms with Crippen molar-refractivity contribution in [2.45, 2.75) is 294 Å². The standard InChI is InChI=1S/C38H64N2S2.C16H32O2.C6H8N2S2/c1-5-9-13-17-19-23-27-31(25-21-15-11-7-3)37-39-33-29-36-34(30-35(33)41-37)40-38(42-36)32(26-22-16-12-8-4)28-24-20-18-14-10-6-2;1-3-5-7-9-10-12-14-15(16(17)18)13-11-8-6-4-2;7-3-1-5(9)4(8)2-6(3)10/h29-32H,5-28H2,1-4H3;15H,3-14H2,1-2H3,(H,17,18);1-2,9-10H,7-8H2/p+2. The Labute approximate surface area is 448 Å². The van der Waals surface area contributed by atoms with Gasteiger partial charge in [0, 0.05) is 24.0 Å². The average Bonchev–Trinajstić information content (AvgIpc) is 3.96. The topological polar surface area (TPSA) is 118 Å². The molecule has 7 N–H and O–H groups in total. The minimum Gasteiger partial charge on any atom is -0.481 e. The average molecular weight is 1040 g/mol. The summed E-state index contributed by atoms with van der Waals surface area (Å²) in [6.45, 7) is 13.7. The highest BCUT2D eigenvalue weighted by Crippen LogP contribution is 2.39. The van der Waals surface area contributed by atoms with Crippen LogP contribution in [0.2, 0.25) is 0 Å². The van der Waals surface area contributed by atoms with Gasteiger partial charge in [-0.25, -0.2) is 9.97 Å².